The first kappa shape index (κ1) is 15.7. The number of hydrogen-bond acceptors (Lipinski definition) is 6. The first-order chi connectivity index (χ1) is 3.83. The molecule has 0 spiro atoms. The zero-order valence-corrected chi connectivity index (χ0v) is 3.81. The zero-order chi connectivity index (χ0) is 7.41. The predicted octanol–water partition coefficient (Wildman–Crippen LogP) is -1.64. The van der Waals surface area contributed by atoms with Crippen LogP contribution in [0.15, 0.2) is 0 Å². The van der Waals surface area contributed by atoms with E-state index in [0.717, 1.165) is 0 Å². The Morgan fingerprint density at radius 1 is 1.12 bits per heavy atom. The lowest BCUT2D eigenvalue weighted by molar-refractivity contribution is -0.191. The van der Waals surface area contributed by atoms with Crippen LogP contribution in [0.25, 0.3) is 0 Å². The summed E-state index contributed by atoms with van der Waals surface area (Å²) < 4.78 is 0. The van der Waals surface area contributed by atoms with Crippen molar-refractivity contribution in [3.8, 4) is 0 Å². The van der Waals surface area contributed by atoms with Crippen molar-refractivity contribution >= 4 is 6.15 Å². The van der Waals surface area contributed by atoms with Crippen LogP contribution in [0.5, 0.6) is 0 Å². The molecule has 0 aromatic carbocycles. The van der Waals surface area contributed by atoms with Gasteiger partial charge in [-0.1, -0.05) is 0 Å². The summed E-state index contributed by atoms with van der Waals surface area (Å²) in [5.74, 6) is 0. The van der Waals surface area contributed by atoms with Crippen LogP contribution in [0.3, 0.4) is 0 Å². The lowest BCUT2D eigenvalue weighted by Crippen LogP contribution is -1.66. The van der Waals surface area contributed by atoms with E-state index in [1.807, 2.05) is 0 Å². The summed E-state index contributed by atoms with van der Waals surface area (Å²) in [4.78, 5) is 16.2. The van der Waals surface area contributed by atoms with E-state index in [2.05, 4.69) is 0 Å². The van der Waals surface area contributed by atoms with Crippen molar-refractivity contribution in [2.45, 2.75) is 0 Å². The molecule has 0 amide bonds. The maximum atomic E-state index is 8.12. The molecule has 0 atom stereocenters. The van der Waals surface area contributed by atoms with E-state index in [-0.39, 0.29) is 6.15 Å². The number of aliphatic hydroxyl groups excluding tert-OH is 1. The standard InChI is InChI=1S/CH4O2.CO2.H2O2/c2*2-1-3;1-2/h2-3H,1H2;;1-2H. The Balaban J connectivity index is -0.0000000483. The highest BCUT2D eigenvalue weighted by molar-refractivity contribution is 5.20. The van der Waals surface area contributed by atoms with Crippen molar-refractivity contribution in [1.82, 2.24) is 0 Å². The molecule has 0 saturated carbocycles. The minimum atomic E-state index is -0.750. The molecule has 0 saturated heterocycles. The monoisotopic (exact) mass is 126 g/mol. The zero-order valence-electron chi connectivity index (χ0n) is 3.81. The van der Waals surface area contributed by atoms with E-state index >= 15 is 0 Å². The summed E-state index contributed by atoms with van der Waals surface area (Å²) in [7, 11) is 0. The molecule has 0 aliphatic heterocycles. The molecule has 0 radical (unpaired) electrons. The molecule has 6 nitrogen and oxygen atoms in total. The van der Waals surface area contributed by atoms with Crippen LogP contribution in [0.1, 0.15) is 0 Å². The van der Waals surface area contributed by atoms with Gasteiger partial charge in [-0.15, -0.1) is 0 Å². The molecule has 50 valence electrons. The molecule has 8 heavy (non-hydrogen) atoms. The lowest BCUT2D eigenvalue weighted by atomic mass is 11.6. The summed E-state index contributed by atoms with van der Waals surface area (Å²) in [5, 5.41) is 26.2. The minimum Gasteiger partial charge on any atom is -0.371 e. The lowest BCUT2D eigenvalue weighted by Gasteiger charge is -1.55. The molecule has 0 rings (SSSR count). The van der Waals surface area contributed by atoms with Crippen molar-refractivity contribution in [2.75, 3.05) is 6.79 Å². The van der Waals surface area contributed by atoms with Crippen LogP contribution in [-0.2, 0) is 9.59 Å². The number of aliphatic hydroxyl groups is 2. The third-order valence-electron chi connectivity index (χ3n) is 0. The Hall–Kier alpha value is -0.780. The third-order valence-corrected chi connectivity index (χ3v) is 0. The van der Waals surface area contributed by atoms with Crippen molar-refractivity contribution in [3.63, 3.8) is 0 Å². The minimum absolute atomic E-state index is 0.250. The SMILES string of the molecule is O=C=O.OCO.OO. The molecule has 0 bridgehead atoms. The Bertz CT molecular complexity index is 35.8. The second-order valence-corrected chi connectivity index (χ2v) is 0.225. The van der Waals surface area contributed by atoms with Crippen molar-refractivity contribution in [3.05, 3.63) is 0 Å². The van der Waals surface area contributed by atoms with Gasteiger partial charge in [-0.05, 0) is 0 Å². The Morgan fingerprint density at radius 2 is 1.12 bits per heavy atom. The van der Waals surface area contributed by atoms with Gasteiger partial charge >= 0.3 is 6.15 Å². The predicted molar refractivity (Wildman–Crippen MR) is 19.6 cm³/mol. The fourth-order valence-electron chi connectivity index (χ4n) is 0. The van der Waals surface area contributed by atoms with Crippen LogP contribution in [0.2, 0.25) is 0 Å². The van der Waals surface area contributed by atoms with Crippen molar-refractivity contribution in [1.29, 1.82) is 0 Å². The summed E-state index contributed by atoms with van der Waals surface area (Å²) in [6.07, 6.45) is 0.250. The van der Waals surface area contributed by atoms with Gasteiger partial charge in [0.05, 0.1) is 0 Å². The third kappa shape index (κ3) is 153. The highest BCUT2D eigenvalue weighted by Gasteiger charge is 1.32. The second-order valence-electron chi connectivity index (χ2n) is 0.225. The summed E-state index contributed by atoms with van der Waals surface area (Å²) >= 11 is 0. The van der Waals surface area contributed by atoms with Crippen molar-refractivity contribution < 1.29 is 30.3 Å². The van der Waals surface area contributed by atoms with Crippen LogP contribution < -0.4 is 0 Å². The number of rotatable bonds is 0. The van der Waals surface area contributed by atoms with E-state index in [1.54, 1.807) is 0 Å². The van der Waals surface area contributed by atoms with Crippen molar-refractivity contribution in [2.24, 2.45) is 0 Å². The molecule has 0 aliphatic rings. The van der Waals surface area contributed by atoms with E-state index in [4.69, 9.17) is 30.3 Å². The maximum Gasteiger partial charge on any atom is 0.373 e. The van der Waals surface area contributed by atoms with E-state index in [9.17, 15) is 0 Å². The van der Waals surface area contributed by atoms with E-state index in [1.165, 1.54) is 0 Å². The van der Waals surface area contributed by atoms with Crippen LogP contribution >= 0.6 is 0 Å². The molecule has 0 aliphatic carbocycles. The first-order valence-corrected chi connectivity index (χ1v) is 1.24. The molecule has 0 aromatic heterocycles. The molecule has 0 aromatic rings. The normalized spacial score (nSPS) is 4.00. The molecule has 0 heterocycles. The fourth-order valence-corrected chi connectivity index (χ4v) is 0. The summed E-state index contributed by atoms with van der Waals surface area (Å²) in [5.41, 5.74) is 0. The topological polar surface area (TPSA) is 115 Å². The van der Waals surface area contributed by atoms with Crippen LogP contribution in [0.4, 0.5) is 0 Å². The second kappa shape index (κ2) is 114. The molecule has 0 fully saturated rings. The van der Waals surface area contributed by atoms with Gasteiger partial charge in [0.25, 0.3) is 0 Å². The number of hydrogen-bond donors (Lipinski definition) is 4. The average Bonchev–Trinajstić information content (AvgIpc) is 1.75. The smallest absolute Gasteiger partial charge is 0.371 e. The molecule has 0 unspecified atom stereocenters. The Morgan fingerprint density at radius 3 is 1.12 bits per heavy atom. The highest BCUT2D eigenvalue weighted by atomic mass is 17.0. The Labute approximate surface area is 44.5 Å². The van der Waals surface area contributed by atoms with E-state index < -0.39 is 6.79 Å². The molecule has 6 heteroatoms. The average molecular weight is 126 g/mol. The van der Waals surface area contributed by atoms with Gasteiger partial charge in [-0.2, -0.15) is 9.59 Å². The molecular formula is C2H6O6. The number of carbonyl (C=O) groups excluding carboxylic acids is 2. The van der Waals surface area contributed by atoms with Crippen LogP contribution in [0, 0.1) is 0 Å². The summed E-state index contributed by atoms with van der Waals surface area (Å²) in [6.45, 7) is -0.750. The first-order valence-electron chi connectivity index (χ1n) is 1.24. The highest BCUT2D eigenvalue weighted by Crippen LogP contribution is 1.17. The van der Waals surface area contributed by atoms with Gasteiger partial charge in [0.15, 0.2) is 0 Å². The maximum absolute atomic E-state index is 8.12. The van der Waals surface area contributed by atoms with E-state index in [0.29, 0.717) is 0 Å². The van der Waals surface area contributed by atoms with Gasteiger partial charge in [0.2, 0.25) is 0 Å². The van der Waals surface area contributed by atoms with Crippen LogP contribution in [-0.4, -0.2) is 33.7 Å². The Kier molecular flexibility index (Phi) is 223. The van der Waals surface area contributed by atoms with Gasteiger partial charge in [0.1, 0.15) is 6.79 Å². The fraction of sp³-hybridized carbons (Fsp3) is 0.500. The van der Waals surface area contributed by atoms with Gasteiger partial charge in [-0.25, -0.2) is 0 Å². The summed E-state index contributed by atoms with van der Waals surface area (Å²) in [6, 6.07) is 0. The molecular weight excluding hydrogens is 120 g/mol. The molecule has 4 N–H and O–H groups in total. The quantitative estimate of drug-likeness (QED) is 0.176. The van der Waals surface area contributed by atoms with Gasteiger partial charge < -0.3 is 10.2 Å². The van der Waals surface area contributed by atoms with Gasteiger partial charge in [0, 0.05) is 0 Å². The largest absolute Gasteiger partial charge is 0.373 e. The van der Waals surface area contributed by atoms with Gasteiger partial charge in [-0.3, -0.25) is 10.5 Å².